The van der Waals surface area contributed by atoms with E-state index in [2.05, 4.69) is 9.88 Å². The van der Waals surface area contributed by atoms with Crippen molar-refractivity contribution in [3.05, 3.63) is 47.7 Å². The second-order valence-corrected chi connectivity index (χ2v) is 7.53. The van der Waals surface area contributed by atoms with E-state index in [-0.39, 0.29) is 10.8 Å². The van der Waals surface area contributed by atoms with Gasteiger partial charge >= 0.3 is 0 Å². The standard InChI is InChI=1S/C17H19N3O3S/c1-11-12(2)18-23-17(11)19-24(21,22)16-7-5-6-13-8-9-14(20(3)4)10-15(13)16/h5-10,19H,1-4H3. The van der Waals surface area contributed by atoms with E-state index in [0.717, 1.165) is 11.1 Å². The quantitative estimate of drug-likeness (QED) is 0.785. The summed E-state index contributed by atoms with van der Waals surface area (Å²) in [5, 5.41) is 5.30. The summed E-state index contributed by atoms with van der Waals surface area (Å²) in [6, 6.07) is 10.9. The lowest BCUT2D eigenvalue weighted by molar-refractivity contribution is 0.430. The molecule has 0 aliphatic carbocycles. The van der Waals surface area contributed by atoms with Gasteiger partial charge in [-0.05, 0) is 37.4 Å². The fourth-order valence-corrected chi connectivity index (χ4v) is 3.70. The summed E-state index contributed by atoms with van der Waals surface area (Å²) in [6.45, 7) is 3.52. The first kappa shape index (κ1) is 16.3. The van der Waals surface area contributed by atoms with E-state index in [1.165, 1.54) is 0 Å². The number of nitrogens with zero attached hydrogens (tertiary/aromatic N) is 2. The van der Waals surface area contributed by atoms with Crippen molar-refractivity contribution in [2.24, 2.45) is 0 Å². The van der Waals surface area contributed by atoms with Crippen molar-refractivity contribution in [1.82, 2.24) is 5.16 Å². The van der Waals surface area contributed by atoms with Gasteiger partial charge in [0.1, 0.15) is 0 Å². The third kappa shape index (κ3) is 2.82. The zero-order valence-electron chi connectivity index (χ0n) is 14.0. The Hall–Kier alpha value is -2.54. The van der Waals surface area contributed by atoms with Crippen LogP contribution in [0.4, 0.5) is 11.6 Å². The number of anilines is 2. The van der Waals surface area contributed by atoms with E-state index in [1.54, 1.807) is 26.0 Å². The van der Waals surface area contributed by atoms with Gasteiger partial charge in [0.25, 0.3) is 10.0 Å². The normalized spacial score (nSPS) is 11.7. The van der Waals surface area contributed by atoms with Gasteiger partial charge in [0.2, 0.25) is 5.88 Å². The minimum absolute atomic E-state index is 0.147. The van der Waals surface area contributed by atoms with Gasteiger partial charge in [-0.1, -0.05) is 23.4 Å². The molecule has 0 bridgehead atoms. The van der Waals surface area contributed by atoms with Crippen LogP contribution < -0.4 is 9.62 Å². The molecule has 0 unspecified atom stereocenters. The van der Waals surface area contributed by atoms with E-state index >= 15 is 0 Å². The van der Waals surface area contributed by atoms with Crippen molar-refractivity contribution in [3.63, 3.8) is 0 Å². The Labute approximate surface area is 141 Å². The highest BCUT2D eigenvalue weighted by Crippen LogP contribution is 2.29. The van der Waals surface area contributed by atoms with Crippen LogP contribution >= 0.6 is 0 Å². The van der Waals surface area contributed by atoms with Crippen LogP contribution in [-0.4, -0.2) is 27.7 Å². The molecule has 0 saturated carbocycles. The Morgan fingerprint density at radius 3 is 2.50 bits per heavy atom. The first-order chi connectivity index (χ1) is 11.3. The number of benzene rings is 2. The molecule has 2 aromatic carbocycles. The Kier molecular flexibility index (Phi) is 3.96. The van der Waals surface area contributed by atoms with Crippen LogP contribution in [-0.2, 0) is 10.0 Å². The lowest BCUT2D eigenvalue weighted by Gasteiger charge is -2.15. The fraction of sp³-hybridized carbons (Fsp3) is 0.235. The molecule has 1 N–H and O–H groups in total. The van der Waals surface area contributed by atoms with Crippen LogP contribution in [0.15, 0.2) is 45.8 Å². The summed E-state index contributed by atoms with van der Waals surface area (Å²) >= 11 is 0. The van der Waals surface area contributed by atoms with Crippen molar-refractivity contribution >= 4 is 32.4 Å². The molecule has 3 rings (SSSR count). The van der Waals surface area contributed by atoms with Crippen molar-refractivity contribution in [2.75, 3.05) is 23.7 Å². The smallest absolute Gasteiger partial charge is 0.264 e. The van der Waals surface area contributed by atoms with Gasteiger partial charge in [-0.15, -0.1) is 0 Å². The number of aryl methyl sites for hydroxylation is 1. The molecule has 0 aliphatic rings. The summed E-state index contributed by atoms with van der Waals surface area (Å²) in [6.07, 6.45) is 0. The summed E-state index contributed by atoms with van der Waals surface area (Å²) in [5.74, 6) is 0.147. The zero-order chi connectivity index (χ0) is 17.5. The topological polar surface area (TPSA) is 75.4 Å². The van der Waals surface area contributed by atoms with Crippen LogP contribution in [0.1, 0.15) is 11.3 Å². The maximum Gasteiger partial charge on any atom is 0.264 e. The van der Waals surface area contributed by atoms with Gasteiger partial charge in [-0.25, -0.2) is 13.1 Å². The number of aromatic nitrogens is 1. The third-order valence-electron chi connectivity index (χ3n) is 4.02. The molecule has 6 nitrogen and oxygen atoms in total. The molecule has 0 amide bonds. The third-order valence-corrected chi connectivity index (χ3v) is 5.41. The van der Waals surface area contributed by atoms with E-state index < -0.39 is 10.0 Å². The van der Waals surface area contributed by atoms with Crippen LogP contribution in [0.3, 0.4) is 0 Å². The minimum Gasteiger partial charge on any atom is -0.378 e. The molecule has 0 fully saturated rings. The van der Waals surface area contributed by atoms with Gasteiger partial charge in [0, 0.05) is 30.7 Å². The second-order valence-electron chi connectivity index (χ2n) is 5.88. The molecular formula is C17H19N3O3S. The average molecular weight is 345 g/mol. The molecule has 126 valence electrons. The highest BCUT2D eigenvalue weighted by atomic mass is 32.2. The lowest BCUT2D eigenvalue weighted by atomic mass is 10.1. The van der Waals surface area contributed by atoms with Gasteiger partial charge in [-0.3, -0.25) is 0 Å². The monoisotopic (exact) mass is 345 g/mol. The van der Waals surface area contributed by atoms with Crippen LogP contribution in [0, 0.1) is 13.8 Å². The lowest BCUT2D eigenvalue weighted by Crippen LogP contribution is -2.14. The maximum atomic E-state index is 12.8. The predicted molar refractivity (Wildman–Crippen MR) is 95.1 cm³/mol. The Bertz CT molecular complexity index is 1010. The number of rotatable bonds is 4. The number of hydrogen-bond donors (Lipinski definition) is 1. The van der Waals surface area contributed by atoms with E-state index in [9.17, 15) is 8.42 Å². The van der Waals surface area contributed by atoms with E-state index in [1.807, 2.05) is 43.3 Å². The maximum absolute atomic E-state index is 12.8. The molecule has 0 atom stereocenters. The molecule has 0 saturated heterocycles. The SMILES string of the molecule is Cc1noc(NS(=O)(=O)c2cccc3ccc(N(C)C)cc23)c1C. The largest absolute Gasteiger partial charge is 0.378 e. The Balaban J connectivity index is 2.13. The van der Waals surface area contributed by atoms with Gasteiger partial charge in [0.15, 0.2) is 0 Å². The number of hydrogen-bond acceptors (Lipinski definition) is 5. The molecule has 7 heteroatoms. The van der Waals surface area contributed by atoms with E-state index in [4.69, 9.17) is 4.52 Å². The second kappa shape index (κ2) is 5.83. The molecule has 1 heterocycles. The van der Waals surface area contributed by atoms with Crippen LogP contribution in [0.5, 0.6) is 0 Å². The number of nitrogens with one attached hydrogen (secondary N) is 1. The van der Waals surface area contributed by atoms with Crippen molar-refractivity contribution in [3.8, 4) is 0 Å². The van der Waals surface area contributed by atoms with Crippen LogP contribution in [0.2, 0.25) is 0 Å². The number of sulfonamides is 1. The highest BCUT2D eigenvalue weighted by molar-refractivity contribution is 7.93. The van der Waals surface area contributed by atoms with Crippen molar-refractivity contribution < 1.29 is 12.9 Å². The molecule has 0 spiro atoms. The minimum atomic E-state index is -3.79. The van der Waals surface area contributed by atoms with Crippen molar-refractivity contribution in [1.29, 1.82) is 0 Å². The number of fused-ring (bicyclic) bond motifs is 1. The predicted octanol–water partition coefficient (Wildman–Crippen LogP) is 3.31. The molecule has 24 heavy (non-hydrogen) atoms. The summed E-state index contributed by atoms with van der Waals surface area (Å²) < 4.78 is 33.3. The molecular weight excluding hydrogens is 326 g/mol. The van der Waals surface area contributed by atoms with Crippen molar-refractivity contribution in [2.45, 2.75) is 18.7 Å². The van der Waals surface area contributed by atoms with E-state index in [0.29, 0.717) is 16.6 Å². The molecule has 0 aliphatic heterocycles. The Morgan fingerprint density at radius 1 is 1.12 bits per heavy atom. The zero-order valence-corrected chi connectivity index (χ0v) is 14.8. The fourth-order valence-electron chi connectivity index (χ4n) is 2.43. The summed E-state index contributed by atoms with van der Waals surface area (Å²) in [7, 11) is 0.0339. The van der Waals surface area contributed by atoms with Crippen LogP contribution in [0.25, 0.3) is 10.8 Å². The Morgan fingerprint density at radius 2 is 1.88 bits per heavy atom. The average Bonchev–Trinajstić information content (AvgIpc) is 2.85. The summed E-state index contributed by atoms with van der Waals surface area (Å²) in [4.78, 5) is 2.14. The van der Waals surface area contributed by atoms with Gasteiger partial charge < -0.3 is 9.42 Å². The van der Waals surface area contributed by atoms with Gasteiger partial charge in [-0.2, -0.15) is 0 Å². The molecule has 3 aromatic rings. The first-order valence-electron chi connectivity index (χ1n) is 7.45. The first-order valence-corrected chi connectivity index (χ1v) is 8.94. The molecule has 0 radical (unpaired) electrons. The summed E-state index contributed by atoms with van der Waals surface area (Å²) in [5.41, 5.74) is 2.25. The van der Waals surface area contributed by atoms with Gasteiger partial charge in [0.05, 0.1) is 10.6 Å². The molecule has 1 aromatic heterocycles. The highest BCUT2D eigenvalue weighted by Gasteiger charge is 2.21.